The Morgan fingerprint density at radius 1 is 0.636 bits per heavy atom. The number of hydrogen-bond acceptors (Lipinski definition) is 5. The molecule has 0 aliphatic heterocycles. The molecule has 33 heavy (non-hydrogen) atoms. The Kier molecular flexibility index (Phi) is 6.36. The largest absolute Gasteiger partial charge is 0.497 e. The molecule has 1 heterocycles. The third-order valence-electron chi connectivity index (χ3n) is 5.51. The second-order valence-electron chi connectivity index (χ2n) is 7.28. The molecule has 0 radical (unpaired) electrons. The first-order chi connectivity index (χ1) is 16.1. The Hall–Kier alpha value is -4.19. The normalized spacial score (nSPS) is 10.5. The molecule has 4 aromatic rings. The number of carbonyl (C=O) groups is 1. The predicted molar refractivity (Wildman–Crippen MR) is 128 cm³/mol. The lowest BCUT2D eigenvalue weighted by Crippen LogP contribution is -2.10. The van der Waals surface area contributed by atoms with Crippen LogP contribution >= 0.6 is 0 Å². The quantitative estimate of drug-likeness (QED) is 0.347. The minimum atomic E-state index is -0.434. The monoisotopic (exact) mass is 443 g/mol. The van der Waals surface area contributed by atoms with Crippen molar-refractivity contribution < 1.29 is 23.7 Å². The van der Waals surface area contributed by atoms with Crippen molar-refractivity contribution in [2.24, 2.45) is 0 Å². The van der Waals surface area contributed by atoms with Gasteiger partial charge in [-0.2, -0.15) is 0 Å². The van der Waals surface area contributed by atoms with E-state index in [9.17, 15) is 4.79 Å². The number of ether oxygens (including phenoxy) is 4. The van der Waals surface area contributed by atoms with E-state index in [1.54, 1.807) is 21.3 Å². The van der Waals surface area contributed by atoms with Crippen LogP contribution in [0.3, 0.4) is 0 Å². The van der Waals surface area contributed by atoms with Crippen LogP contribution in [-0.4, -0.2) is 39.0 Å². The first kappa shape index (κ1) is 22.0. The minimum Gasteiger partial charge on any atom is -0.497 e. The molecule has 4 rings (SSSR count). The van der Waals surface area contributed by atoms with Gasteiger partial charge >= 0.3 is 5.97 Å². The second kappa shape index (κ2) is 9.53. The van der Waals surface area contributed by atoms with Gasteiger partial charge in [-0.15, -0.1) is 0 Å². The summed E-state index contributed by atoms with van der Waals surface area (Å²) in [6.07, 6.45) is 1.95. The molecule has 1 aromatic heterocycles. The van der Waals surface area contributed by atoms with Crippen molar-refractivity contribution in [2.75, 3.05) is 28.4 Å². The topological polar surface area (TPSA) is 58.9 Å². The summed E-state index contributed by atoms with van der Waals surface area (Å²) in [7, 11) is 6.26. The van der Waals surface area contributed by atoms with Gasteiger partial charge in [0, 0.05) is 23.0 Å². The van der Waals surface area contributed by atoms with Gasteiger partial charge in [0.2, 0.25) is 0 Å². The second-order valence-corrected chi connectivity index (χ2v) is 7.28. The van der Waals surface area contributed by atoms with E-state index < -0.39 is 5.97 Å². The zero-order chi connectivity index (χ0) is 23.4. The van der Waals surface area contributed by atoms with Crippen molar-refractivity contribution in [3.05, 3.63) is 84.7 Å². The maximum absolute atomic E-state index is 13.1. The molecule has 0 amide bonds. The average molecular weight is 443 g/mol. The lowest BCUT2D eigenvalue weighted by atomic mass is 9.96. The maximum atomic E-state index is 13.1. The molecule has 0 unspecified atom stereocenters. The van der Waals surface area contributed by atoms with E-state index in [0.29, 0.717) is 5.69 Å². The number of methoxy groups -OCH3 is 4. The SMILES string of the molecule is COC(=O)c1c(-c2ccc(OC)cc2)c(-c2ccc(OC)cc2)cn1-c1ccc(OC)cc1. The third kappa shape index (κ3) is 4.28. The van der Waals surface area contributed by atoms with Crippen LogP contribution in [0, 0.1) is 0 Å². The van der Waals surface area contributed by atoms with Gasteiger partial charge in [-0.3, -0.25) is 0 Å². The van der Waals surface area contributed by atoms with Crippen LogP contribution in [0.15, 0.2) is 79.0 Å². The van der Waals surface area contributed by atoms with Crippen LogP contribution in [0.25, 0.3) is 27.9 Å². The first-order valence-corrected chi connectivity index (χ1v) is 10.4. The molecule has 0 aliphatic carbocycles. The Bertz CT molecular complexity index is 1240. The summed E-state index contributed by atoms with van der Waals surface area (Å²) in [5.41, 5.74) is 4.71. The Labute approximate surface area is 192 Å². The van der Waals surface area contributed by atoms with E-state index in [4.69, 9.17) is 18.9 Å². The highest BCUT2D eigenvalue weighted by atomic mass is 16.5. The fourth-order valence-electron chi connectivity index (χ4n) is 3.79. The van der Waals surface area contributed by atoms with Crippen LogP contribution < -0.4 is 14.2 Å². The summed E-state index contributed by atoms with van der Waals surface area (Å²) < 4.78 is 23.0. The Morgan fingerprint density at radius 2 is 1.09 bits per heavy atom. The smallest absolute Gasteiger partial charge is 0.355 e. The van der Waals surface area contributed by atoms with Gasteiger partial charge in [-0.1, -0.05) is 24.3 Å². The number of esters is 1. The molecule has 6 nitrogen and oxygen atoms in total. The fourth-order valence-corrected chi connectivity index (χ4v) is 3.79. The molecule has 6 heteroatoms. The van der Waals surface area contributed by atoms with Crippen molar-refractivity contribution in [1.29, 1.82) is 0 Å². The standard InChI is InChI=1S/C27H25NO5/c1-30-21-11-5-18(6-12-21)24-17-28(20-9-15-23(32-3)16-10-20)26(27(29)33-4)25(24)19-7-13-22(31-2)14-8-19/h5-17H,1-4H3. The van der Waals surface area contributed by atoms with Gasteiger partial charge in [0.05, 0.1) is 28.4 Å². The summed E-state index contributed by atoms with van der Waals surface area (Å²) in [6.45, 7) is 0. The van der Waals surface area contributed by atoms with Gasteiger partial charge < -0.3 is 23.5 Å². The predicted octanol–water partition coefficient (Wildman–Crippen LogP) is 5.62. The number of aromatic nitrogens is 1. The van der Waals surface area contributed by atoms with Crippen LogP contribution in [0.1, 0.15) is 10.5 Å². The van der Waals surface area contributed by atoms with E-state index in [1.807, 2.05) is 83.6 Å². The molecule has 0 atom stereocenters. The Balaban J connectivity index is 2.00. The molecule has 0 aliphatic rings. The lowest BCUT2D eigenvalue weighted by molar-refractivity contribution is 0.0592. The molecular weight excluding hydrogens is 418 g/mol. The molecular formula is C27H25NO5. The van der Waals surface area contributed by atoms with Crippen molar-refractivity contribution in [2.45, 2.75) is 0 Å². The van der Waals surface area contributed by atoms with Gasteiger partial charge in [0.1, 0.15) is 22.9 Å². The van der Waals surface area contributed by atoms with Crippen molar-refractivity contribution >= 4 is 5.97 Å². The first-order valence-electron chi connectivity index (χ1n) is 10.4. The number of hydrogen-bond donors (Lipinski definition) is 0. The van der Waals surface area contributed by atoms with E-state index in [0.717, 1.165) is 45.2 Å². The highest BCUT2D eigenvalue weighted by Gasteiger charge is 2.25. The van der Waals surface area contributed by atoms with E-state index in [-0.39, 0.29) is 0 Å². The van der Waals surface area contributed by atoms with Gasteiger partial charge in [-0.25, -0.2) is 4.79 Å². The van der Waals surface area contributed by atoms with Crippen LogP contribution in [0.2, 0.25) is 0 Å². The van der Waals surface area contributed by atoms with Crippen LogP contribution in [0.4, 0.5) is 0 Å². The molecule has 0 saturated carbocycles. The van der Waals surface area contributed by atoms with Crippen molar-refractivity contribution in [3.63, 3.8) is 0 Å². The highest BCUT2D eigenvalue weighted by Crippen LogP contribution is 2.39. The minimum absolute atomic E-state index is 0.429. The average Bonchev–Trinajstić information content (AvgIpc) is 3.29. The zero-order valence-electron chi connectivity index (χ0n) is 19.0. The van der Waals surface area contributed by atoms with E-state index in [2.05, 4.69) is 0 Å². The van der Waals surface area contributed by atoms with E-state index >= 15 is 0 Å². The number of rotatable bonds is 7. The van der Waals surface area contributed by atoms with Crippen molar-refractivity contribution in [1.82, 2.24) is 4.57 Å². The molecule has 168 valence electrons. The van der Waals surface area contributed by atoms with Gasteiger partial charge in [0.25, 0.3) is 0 Å². The lowest BCUT2D eigenvalue weighted by Gasteiger charge is -2.11. The molecule has 0 bridgehead atoms. The van der Waals surface area contributed by atoms with Gasteiger partial charge in [-0.05, 0) is 59.7 Å². The van der Waals surface area contributed by atoms with Crippen molar-refractivity contribution in [3.8, 4) is 45.2 Å². The highest BCUT2D eigenvalue weighted by molar-refractivity contribution is 6.02. The number of nitrogens with zero attached hydrogens (tertiary/aromatic N) is 1. The number of carbonyl (C=O) groups excluding carboxylic acids is 1. The summed E-state index contributed by atoms with van der Waals surface area (Å²) in [4.78, 5) is 13.1. The summed E-state index contributed by atoms with van der Waals surface area (Å²) in [6, 6.07) is 22.9. The third-order valence-corrected chi connectivity index (χ3v) is 5.51. The maximum Gasteiger partial charge on any atom is 0.355 e. The van der Waals surface area contributed by atoms with E-state index in [1.165, 1.54) is 7.11 Å². The summed E-state index contributed by atoms with van der Waals surface area (Å²) >= 11 is 0. The van der Waals surface area contributed by atoms with Crippen LogP contribution in [0.5, 0.6) is 17.2 Å². The zero-order valence-corrected chi connectivity index (χ0v) is 19.0. The molecule has 0 spiro atoms. The van der Waals surface area contributed by atoms with Crippen LogP contribution in [-0.2, 0) is 4.74 Å². The van der Waals surface area contributed by atoms with Gasteiger partial charge in [0.15, 0.2) is 0 Å². The fraction of sp³-hybridized carbons (Fsp3) is 0.148. The molecule has 0 fully saturated rings. The molecule has 3 aromatic carbocycles. The number of benzene rings is 3. The summed E-state index contributed by atoms with van der Waals surface area (Å²) in [5, 5.41) is 0. The molecule has 0 saturated heterocycles. The Morgan fingerprint density at radius 3 is 1.55 bits per heavy atom. The molecule has 0 N–H and O–H groups in total. The summed E-state index contributed by atoms with van der Waals surface area (Å²) in [5.74, 6) is 1.79.